The minimum atomic E-state index is 0.356. The highest BCUT2D eigenvalue weighted by atomic mass is 16.5. The standard InChI is InChI=1S/C12H16O/c1-8-4-5-11-7-13-10(3)9(2)12(11)6-8/h4-6,9-10H,7H2,1-3H3/t9-,10-/m1/s1. The van der Waals surface area contributed by atoms with Crippen LogP contribution in [0.2, 0.25) is 0 Å². The zero-order valence-corrected chi connectivity index (χ0v) is 8.50. The quantitative estimate of drug-likeness (QED) is 0.590. The summed E-state index contributed by atoms with van der Waals surface area (Å²) in [7, 11) is 0. The van der Waals surface area contributed by atoms with E-state index in [1.54, 1.807) is 0 Å². The zero-order chi connectivity index (χ0) is 9.42. The van der Waals surface area contributed by atoms with E-state index in [4.69, 9.17) is 4.74 Å². The van der Waals surface area contributed by atoms with E-state index >= 15 is 0 Å². The van der Waals surface area contributed by atoms with Gasteiger partial charge in [0, 0.05) is 5.92 Å². The van der Waals surface area contributed by atoms with Gasteiger partial charge in [-0.15, -0.1) is 0 Å². The SMILES string of the molecule is Cc1ccc2c(c1)[C@H](C)[C@@H](C)OC2. The topological polar surface area (TPSA) is 9.23 Å². The lowest BCUT2D eigenvalue weighted by Gasteiger charge is -2.29. The number of hydrogen-bond donors (Lipinski definition) is 0. The fourth-order valence-electron chi connectivity index (χ4n) is 1.89. The third-order valence-corrected chi connectivity index (χ3v) is 3.00. The molecule has 0 bridgehead atoms. The molecule has 0 amide bonds. The maximum atomic E-state index is 5.66. The Morgan fingerprint density at radius 3 is 2.85 bits per heavy atom. The van der Waals surface area contributed by atoms with E-state index in [0.717, 1.165) is 6.61 Å². The predicted octanol–water partition coefficient (Wildman–Crippen LogP) is 3.02. The van der Waals surface area contributed by atoms with Gasteiger partial charge in [-0.05, 0) is 25.0 Å². The summed E-state index contributed by atoms with van der Waals surface area (Å²) >= 11 is 0. The van der Waals surface area contributed by atoms with Crippen molar-refractivity contribution in [1.29, 1.82) is 0 Å². The van der Waals surface area contributed by atoms with Crippen molar-refractivity contribution in [2.45, 2.75) is 39.4 Å². The predicted molar refractivity (Wildman–Crippen MR) is 53.8 cm³/mol. The van der Waals surface area contributed by atoms with Gasteiger partial charge in [0.1, 0.15) is 0 Å². The smallest absolute Gasteiger partial charge is 0.0723 e. The maximum absolute atomic E-state index is 5.66. The Balaban J connectivity index is 2.45. The molecule has 0 aromatic heterocycles. The summed E-state index contributed by atoms with van der Waals surface area (Å²) in [6.07, 6.45) is 0.356. The normalized spacial score (nSPS) is 27.0. The van der Waals surface area contributed by atoms with E-state index < -0.39 is 0 Å². The molecule has 0 aliphatic carbocycles. The van der Waals surface area contributed by atoms with Crippen molar-refractivity contribution in [2.24, 2.45) is 0 Å². The molecule has 0 N–H and O–H groups in total. The molecule has 0 saturated heterocycles. The third-order valence-electron chi connectivity index (χ3n) is 3.00. The molecule has 0 saturated carbocycles. The lowest BCUT2D eigenvalue weighted by molar-refractivity contribution is 0.0241. The Hall–Kier alpha value is -0.820. The van der Waals surface area contributed by atoms with E-state index in [1.165, 1.54) is 16.7 Å². The maximum Gasteiger partial charge on any atom is 0.0723 e. The van der Waals surface area contributed by atoms with E-state index in [0.29, 0.717) is 12.0 Å². The molecule has 1 aromatic carbocycles. The lowest BCUT2D eigenvalue weighted by Crippen LogP contribution is -2.23. The molecular formula is C12H16O. The van der Waals surface area contributed by atoms with Crippen LogP contribution in [0, 0.1) is 6.92 Å². The Kier molecular flexibility index (Phi) is 2.12. The molecule has 1 heterocycles. The van der Waals surface area contributed by atoms with Crippen LogP contribution in [0.4, 0.5) is 0 Å². The number of hydrogen-bond acceptors (Lipinski definition) is 1. The largest absolute Gasteiger partial charge is 0.373 e. The number of ether oxygens (including phenoxy) is 1. The van der Waals surface area contributed by atoms with E-state index in [-0.39, 0.29) is 0 Å². The first-order valence-corrected chi connectivity index (χ1v) is 4.89. The Labute approximate surface area is 79.7 Å². The van der Waals surface area contributed by atoms with Crippen molar-refractivity contribution in [3.05, 3.63) is 34.9 Å². The third kappa shape index (κ3) is 1.49. The summed E-state index contributed by atoms with van der Waals surface area (Å²) in [6, 6.07) is 6.64. The molecule has 1 aromatic rings. The molecule has 0 radical (unpaired) electrons. The summed E-state index contributed by atoms with van der Waals surface area (Å²) in [4.78, 5) is 0. The zero-order valence-electron chi connectivity index (χ0n) is 8.50. The molecule has 0 unspecified atom stereocenters. The fraction of sp³-hybridized carbons (Fsp3) is 0.500. The van der Waals surface area contributed by atoms with Crippen LogP contribution in [0.25, 0.3) is 0 Å². The van der Waals surface area contributed by atoms with Crippen molar-refractivity contribution in [3.63, 3.8) is 0 Å². The molecule has 1 heteroatoms. The highest BCUT2D eigenvalue weighted by Crippen LogP contribution is 2.31. The van der Waals surface area contributed by atoms with Crippen molar-refractivity contribution in [1.82, 2.24) is 0 Å². The van der Waals surface area contributed by atoms with Crippen LogP contribution in [0.1, 0.15) is 36.5 Å². The highest BCUT2D eigenvalue weighted by molar-refractivity contribution is 5.35. The van der Waals surface area contributed by atoms with E-state index in [9.17, 15) is 0 Å². The molecular weight excluding hydrogens is 160 g/mol. The van der Waals surface area contributed by atoms with Gasteiger partial charge in [-0.1, -0.05) is 30.7 Å². The number of fused-ring (bicyclic) bond motifs is 1. The van der Waals surface area contributed by atoms with Gasteiger partial charge >= 0.3 is 0 Å². The monoisotopic (exact) mass is 176 g/mol. The van der Waals surface area contributed by atoms with Gasteiger partial charge in [-0.3, -0.25) is 0 Å². The molecule has 13 heavy (non-hydrogen) atoms. The lowest BCUT2D eigenvalue weighted by atomic mass is 9.89. The average molecular weight is 176 g/mol. The Bertz CT molecular complexity index is 317. The first-order valence-electron chi connectivity index (χ1n) is 4.89. The molecule has 2 atom stereocenters. The van der Waals surface area contributed by atoms with E-state index in [2.05, 4.69) is 39.0 Å². The van der Waals surface area contributed by atoms with Crippen LogP contribution in [0.15, 0.2) is 18.2 Å². The summed E-state index contributed by atoms with van der Waals surface area (Å²) in [5.74, 6) is 0.531. The molecule has 0 spiro atoms. The van der Waals surface area contributed by atoms with Crippen molar-refractivity contribution in [3.8, 4) is 0 Å². The fourth-order valence-corrected chi connectivity index (χ4v) is 1.89. The van der Waals surface area contributed by atoms with Gasteiger partial charge in [0.15, 0.2) is 0 Å². The number of aryl methyl sites for hydroxylation is 1. The van der Waals surface area contributed by atoms with E-state index in [1.807, 2.05) is 0 Å². The molecule has 0 fully saturated rings. The van der Waals surface area contributed by atoms with Crippen molar-refractivity contribution < 1.29 is 4.74 Å². The van der Waals surface area contributed by atoms with Crippen LogP contribution in [0.3, 0.4) is 0 Å². The van der Waals surface area contributed by atoms with Gasteiger partial charge in [0.05, 0.1) is 12.7 Å². The molecule has 2 rings (SSSR count). The van der Waals surface area contributed by atoms with Crippen LogP contribution in [-0.2, 0) is 11.3 Å². The van der Waals surface area contributed by atoms with Crippen molar-refractivity contribution >= 4 is 0 Å². The molecule has 1 aliphatic rings. The van der Waals surface area contributed by atoms with Gasteiger partial charge in [-0.2, -0.15) is 0 Å². The second-order valence-corrected chi connectivity index (χ2v) is 4.01. The van der Waals surface area contributed by atoms with Crippen LogP contribution in [-0.4, -0.2) is 6.10 Å². The van der Waals surface area contributed by atoms with Crippen LogP contribution in [0.5, 0.6) is 0 Å². The van der Waals surface area contributed by atoms with Gasteiger partial charge in [0.2, 0.25) is 0 Å². The Morgan fingerprint density at radius 2 is 2.08 bits per heavy atom. The van der Waals surface area contributed by atoms with Gasteiger partial charge < -0.3 is 4.74 Å². The van der Waals surface area contributed by atoms with Crippen molar-refractivity contribution in [2.75, 3.05) is 0 Å². The summed E-state index contributed by atoms with van der Waals surface area (Å²) in [6.45, 7) is 7.31. The first kappa shape index (κ1) is 8.76. The summed E-state index contributed by atoms with van der Waals surface area (Å²) in [5, 5.41) is 0. The Morgan fingerprint density at radius 1 is 1.31 bits per heavy atom. The van der Waals surface area contributed by atoms with Crippen LogP contribution < -0.4 is 0 Å². The minimum Gasteiger partial charge on any atom is -0.373 e. The minimum absolute atomic E-state index is 0.356. The summed E-state index contributed by atoms with van der Waals surface area (Å²) in [5.41, 5.74) is 4.18. The first-order chi connectivity index (χ1) is 6.18. The molecule has 70 valence electrons. The summed E-state index contributed by atoms with van der Waals surface area (Å²) < 4.78 is 5.66. The van der Waals surface area contributed by atoms with Gasteiger partial charge in [0.25, 0.3) is 0 Å². The van der Waals surface area contributed by atoms with Gasteiger partial charge in [-0.25, -0.2) is 0 Å². The second kappa shape index (κ2) is 3.15. The van der Waals surface area contributed by atoms with Crippen LogP contribution >= 0.6 is 0 Å². The number of benzene rings is 1. The molecule has 1 nitrogen and oxygen atoms in total. The molecule has 1 aliphatic heterocycles. The number of rotatable bonds is 0. The second-order valence-electron chi connectivity index (χ2n) is 4.01. The average Bonchev–Trinajstić information content (AvgIpc) is 2.12. The highest BCUT2D eigenvalue weighted by Gasteiger charge is 2.22.